The number of unbranched alkanes of at least 4 members (excludes halogenated alkanes) is 4. The van der Waals surface area contributed by atoms with Gasteiger partial charge in [0, 0.05) is 13.1 Å². The largest absolute Gasteiger partial charge is 0.356 e. The zero-order valence-corrected chi connectivity index (χ0v) is 12.3. The van der Waals surface area contributed by atoms with E-state index < -0.39 is 0 Å². The van der Waals surface area contributed by atoms with Crippen LogP contribution in [-0.4, -0.2) is 13.0 Å². The minimum atomic E-state index is -0.0597. The summed E-state index contributed by atoms with van der Waals surface area (Å²) >= 11 is 0. The number of hydrogen-bond acceptors (Lipinski definition) is 1. The molecule has 0 aromatic heterocycles. The van der Waals surface area contributed by atoms with Gasteiger partial charge in [-0.2, -0.15) is 0 Å². The standard InChI is InChI=1S/C18H25NO/c1-19-18(20)16-12-7-5-3-2-4-6-9-13-17-14-10-8-11-15-17/h5,7-8,10-12,14-16H,2-4,6,9,13H2,1H3,(H,19,20). The second-order valence-corrected chi connectivity index (χ2v) is 4.84. The molecule has 0 aliphatic carbocycles. The average Bonchev–Trinajstić information content (AvgIpc) is 2.50. The molecule has 0 bridgehead atoms. The number of rotatable bonds is 9. The third-order valence-corrected chi connectivity index (χ3v) is 3.17. The lowest BCUT2D eigenvalue weighted by molar-refractivity contribution is -0.116. The van der Waals surface area contributed by atoms with E-state index in [9.17, 15) is 4.79 Å². The first kappa shape index (κ1) is 16.2. The number of likely N-dealkylation sites (N-methyl/N-ethyl adjacent to an activating group) is 1. The van der Waals surface area contributed by atoms with E-state index in [-0.39, 0.29) is 5.91 Å². The number of nitrogens with one attached hydrogen (secondary N) is 1. The van der Waals surface area contributed by atoms with Crippen molar-refractivity contribution in [2.45, 2.75) is 38.5 Å². The SMILES string of the molecule is CNC(=O)C=CC=CCCCCCCc1ccccc1. The molecule has 1 aromatic rings. The maximum absolute atomic E-state index is 10.9. The van der Waals surface area contributed by atoms with Crippen LogP contribution in [0.25, 0.3) is 0 Å². The number of carbonyl (C=O) groups is 1. The van der Waals surface area contributed by atoms with Crippen molar-refractivity contribution in [3.63, 3.8) is 0 Å². The molecule has 0 unspecified atom stereocenters. The highest BCUT2D eigenvalue weighted by Gasteiger charge is 1.92. The van der Waals surface area contributed by atoms with Gasteiger partial charge in [-0.05, 0) is 31.2 Å². The molecule has 0 radical (unpaired) electrons. The van der Waals surface area contributed by atoms with Crippen LogP contribution in [0.2, 0.25) is 0 Å². The molecule has 0 fully saturated rings. The van der Waals surface area contributed by atoms with Crippen LogP contribution in [-0.2, 0) is 11.2 Å². The lowest BCUT2D eigenvalue weighted by Gasteiger charge is -2.00. The summed E-state index contributed by atoms with van der Waals surface area (Å²) in [5.74, 6) is -0.0597. The fourth-order valence-corrected chi connectivity index (χ4v) is 1.99. The van der Waals surface area contributed by atoms with Crippen LogP contribution in [0.15, 0.2) is 54.6 Å². The van der Waals surface area contributed by atoms with E-state index in [4.69, 9.17) is 0 Å². The summed E-state index contributed by atoms with van der Waals surface area (Å²) in [6.45, 7) is 0. The normalized spacial score (nSPS) is 11.2. The molecule has 1 N–H and O–H groups in total. The smallest absolute Gasteiger partial charge is 0.243 e. The van der Waals surface area contributed by atoms with Crippen molar-refractivity contribution in [1.29, 1.82) is 0 Å². The summed E-state index contributed by atoms with van der Waals surface area (Å²) in [4.78, 5) is 10.9. The fourth-order valence-electron chi connectivity index (χ4n) is 1.99. The molecule has 1 aromatic carbocycles. The number of allylic oxidation sites excluding steroid dienone is 3. The van der Waals surface area contributed by atoms with Crippen molar-refractivity contribution in [3.8, 4) is 0 Å². The Morgan fingerprint density at radius 1 is 1.05 bits per heavy atom. The Morgan fingerprint density at radius 2 is 1.80 bits per heavy atom. The van der Waals surface area contributed by atoms with Gasteiger partial charge >= 0.3 is 0 Å². The van der Waals surface area contributed by atoms with E-state index in [0.29, 0.717) is 0 Å². The zero-order valence-electron chi connectivity index (χ0n) is 12.3. The molecule has 0 saturated heterocycles. The van der Waals surface area contributed by atoms with Crippen molar-refractivity contribution in [3.05, 3.63) is 60.2 Å². The first-order chi connectivity index (χ1) is 9.83. The Balaban J connectivity index is 1.96. The summed E-state index contributed by atoms with van der Waals surface area (Å²) in [5.41, 5.74) is 1.44. The highest BCUT2D eigenvalue weighted by Crippen LogP contribution is 2.08. The van der Waals surface area contributed by atoms with Gasteiger partial charge in [0.1, 0.15) is 0 Å². The minimum Gasteiger partial charge on any atom is -0.356 e. The molecule has 0 spiro atoms. The summed E-state index contributed by atoms with van der Waals surface area (Å²) < 4.78 is 0. The van der Waals surface area contributed by atoms with E-state index in [1.807, 2.05) is 6.08 Å². The highest BCUT2D eigenvalue weighted by molar-refractivity contribution is 5.87. The van der Waals surface area contributed by atoms with Crippen molar-refractivity contribution < 1.29 is 4.79 Å². The van der Waals surface area contributed by atoms with Crippen LogP contribution < -0.4 is 5.32 Å². The molecule has 0 heterocycles. The van der Waals surface area contributed by atoms with Gasteiger partial charge in [0.2, 0.25) is 5.91 Å². The van der Waals surface area contributed by atoms with Crippen LogP contribution in [0.4, 0.5) is 0 Å². The summed E-state index contributed by atoms with van der Waals surface area (Å²) in [5, 5.41) is 2.54. The number of amides is 1. The third-order valence-electron chi connectivity index (χ3n) is 3.17. The fraction of sp³-hybridized carbons (Fsp3) is 0.389. The van der Waals surface area contributed by atoms with Crippen LogP contribution in [0, 0.1) is 0 Å². The zero-order chi connectivity index (χ0) is 14.5. The van der Waals surface area contributed by atoms with Gasteiger partial charge in [-0.3, -0.25) is 4.79 Å². The van der Waals surface area contributed by atoms with Crippen LogP contribution in [0.1, 0.15) is 37.7 Å². The number of carbonyl (C=O) groups excluding carboxylic acids is 1. The second-order valence-electron chi connectivity index (χ2n) is 4.84. The Kier molecular flexibility index (Phi) is 8.95. The van der Waals surface area contributed by atoms with Gasteiger partial charge in [-0.1, -0.05) is 61.4 Å². The maximum atomic E-state index is 10.9. The highest BCUT2D eigenvalue weighted by atomic mass is 16.1. The molecule has 2 heteroatoms. The third kappa shape index (κ3) is 8.30. The van der Waals surface area contributed by atoms with Gasteiger partial charge in [-0.25, -0.2) is 0 Å². The van der Waals surface area contributed by atoms with Gasteiger partial charge in [0.15, 0.2) is 0 Å². The molecular formula is C18H25NO. The second kappa shape index (κ2) is 11.0. The van der Waals surface area contributed by atoms with Crippen LogP contribution in [0.5, 0.6) is 0 Å². The first-order valence-corrected chi connectivity index (χ1v) is 7.42. The first-order valence-electron chi connectivity index (χ1n) is 7.42. The molecular weight excluding hydrogens is 246 g/mol. The quantitative estimate of drug-likeness (QED) is 0.410. The van der Waals surface area contributed by atoms with Crippen LogP contribution in [0.3, 0.4) is 0 Å². The van der Waals surface area contributed by atoms with Crippen molar-refractivity contribution >= 4 is 5.91 Å². The van der Waals surface area contributed by atoms with E-state index in [0.717, 1.165) is 6.42 Å². The summed E-state index contributed by atoms with van der Waals surface area (Å²) in [6.07, 6.45) is 14.7. The summed E-state index contributed by atoms with van der Waals surface area (Å²) in [6, 6.07) is 10.7. The lowest BCUT2D eigenvalue weighted by atomic mass is 10.1. The molecule has 0 atom stereocenters. The number of benzene rings is 1. The Hall–Kier alpha value is -1.83. The Bertz CT molecular complexity index is 420. The lowest BCUT2D eigenvalue weighted by Crippen LogP contribution is -2.13. The van der Waals surface area contributed by atoms with Gasteiger partial charge in [0.05, 0.1) is 0 Å². The van der Waals surface area contributed by atoms with Crippen LogP contribution >= 0.6 is 0 Å². The van der Waals surface area contributed by atoms with E-state index in [1.165, 1.54) is 43.7 Å². The summed E-state index contributed by atoms with van der Waals surface area (Å²) in [7, 11) is 1.63. The van der Waals surface area contributed by atoms with Crippen molar-refractivity contribution in [2.75, 3.05) is 7.05 Å². The van der Waals surface area contributed by atoms with Crippen molar-refractivity contribution in [1.82, 2.24) is 5.32 Å². The van der Waals surface area contributed by atoms with Gasteiger partial charge in [-0.15, -0.1) is 0 Å². The predicted octanol–water partition coefficient (Wildman–Crippen LogP) is 4.04. The van der Waals surface area contributed by atoms with Gasteiger partial charge in [0.25, 0.3) is 0 Å². The molecule has 108 valence electrons. The minimum absolute atomic E-state index is 0.0597. The van der Waals surface area contributed by atoms with E-state index >= 15 is 0 Å². The molecule has 1 rings (SSSR count). The number of aryl methyl sites for hydroxylation is 1. The van der Waals surface area contributed by atoms with Crippen molar-refractivity contribution in [2.24, 2.45) is 0 Å². The van der Waals surface area contributed by atoms with E-state index in [2.05, 4.69) is 41.7 Å². The van der Waals surface area contributed by atoms with Gasteiger partial charge < -0.3 is 5.32 Å². The Morgan fingerprint density at radius 3 is 2.55 bits per heavy atom. The monoisotopic (exact) mass is 271 g/mol. The molecule has 20 heavy (non-hydrogen) atoms. The maximum Gasteiger partial charge on any atom is 0.243 e. The molecule has 1 amide bonds. The topological polar surface area (TPSA) is 29.1 Å². The average molecular weight is 271 g/mol. The molecule has 0 aliphatic heterocycles. The molecule has 0 saturated carbocycles. The Labute approximate surface area is 122 Å². The predicted molar refractivity (Wildman–Crippen MR) is 85.6 cm³/mol. The molecule has 0 aliphatic rings. The molecule has 2 nitrogen and oxygen atoms in total. The number of hydrogen-bond donors (Lipinski definition) is 1. The van der Waals surface area contributed by atoms with E-state index in [1.54, 1.807) is 13.1 Å².